The highest BCUT2D eigenvalue weighted by molar-refractivity contribution is 8.01. The Hall–Kier alpha value is -1.15. The van der Waals surface area contributed by atoms with Crippen LogP contribution in [0.5, 0.6) is 0 Å². The van der Waals surface area contributed by atoms with Crippen molar-refractivity contribution >= 4 is 46.3 Å². The molecule has 0 spiro atoms. The van der Waals surface area contributed by atoms with Gasteiger partial charge in [0.15, 0.2) is 4.34 Å². The van der Waals surface area contributed by atoms with Crippen LogP contribution in [-0.2, 0) is 4.79 Å². The van der Waals surface area contributed by atoms with Gasteiger partial charge in [0, 0.05) is 10.6 Å². The normalized spacial score (nSPS) is 12.4. The van der Waals surface area contributed by atoms with E-state index in [2.05, 4.69) is 15.5 Å². The van der Waals surface area contributed by atoms with Gasteiger partial charge >= 0.3 is 0 Å². The average Bonchev–Trinajstić information content (AvgIpc) is 2.94. The van der Waals surface area contributed by atoms with E-state index < -0.39 is 6.04 Å². The topological polar surface area (TPSA) is 80.9 Å². The summed E-state index contributed by atoms with van der Waals surface area (Å²) in [6, 6.07) is 4.84. The lowest BCUT2D eigenvalue weighted by atomic mass is 10.0. The van der Waals surface area contributed by atoms with Gasteiger partial charge in [0.25, 0.3) is 0 Å². The zero-order valence-electron chi connectivity index (χ0n) is 12.2. The molecule has 0 fully saturated rings. The third-order valence-electron chi connectivity index (χ3n) is 2.80. The van der Waals surface area contributed by atoms with E-state index in [4.69, 9.17) is 17.3 Å². The Bertz CT molecular complexity index is 634. The zero-order valence-corrected chi connectivity index (χ0v) is 14.6. The summed E-state index contributed by atoms with van der Waals surface area (Å²) in [5.41, 5.74) is 8.16. The van der Waals surface area contributed by atoms with Crippen LogP contribution >= 0.6 is 34.7 Å². The second kappa shape index (κ2) is 7.92. The average molecular weight is 357 g/mol. The van der Waals surface area contributed by atoms with Crippen molar-refractivity contribution in [3.8, 4) is 0 Å². The Kier molecular flexibility index (Phi) is 6.19. The Morgan fingerprint density at radius 1 is 1.50 bits per heavy atom. The van der Waals surface area contributed by atoms with E-state index in [1.54, 1.807) is 17.6 Å². The summed E-state index contributed by atoms with van der Waals surface area (Å²) in [5, 5.41) is 11.1. The molecule has 0 aliphatic heterocycles. The van der Waals surface area contributed by atoms with Gasteiger partial charge in [-0.1, -0.05) is 48.5 Å². The molecule has 1 amide bonds. The van der Waals surface area contributed by atoms with Crippen LogP contribution in [0.25, 0.3) is 0 Å². The van der Waals surface area contributed by atoms with Gasteiger partial charge in [-0.3, -0.25) is 4.79 Å². The second-order valence-corrected chi connectivity index (χ2v) is 7.71. The predicted molar refractivity (Wildman–Crippen MR) is 91.5 cm³/mol. The van der Waals surface area contributed by atoms with Crippen molar-refractivity contribution in [1.29, 1.82) is 0 Å². The first-order valence-corrected chi connectivity index (χ1v) is 8.83. The summed E-state index contributed by atoms with van der Waals surface area (Å²) in [6.07, 6.45) is 0.643. The molecule has 5 nitrogen and oxygen atoms in total. The van der Waals surface area contributed by atoms with Crippen LogP contribution in [0, 0.1) is 5.92 Å². The predicted octanol–water partition coefficient (Wildman–Crippen LogP) is 3.65. The molecule has 3 N–H and O–H groups in total. The number of rotatable bonds is 6. The minimum Gasteiger partial charge on any atom is -0.325 e. The maximum absolute atomic E-state index is 12.0. The highest BCUT2D eigenvalue weighted by Gasteiger charge is 2.15. The number of nitrogens with two attached hydrogens (primary N) is 1. The van der Waals surface area contributed by atoms with E-state index in [1.807, 2.05) is 19.9 Å². The molecular formula is C14H17ClN4OS2. The fraction of sp³-hybridized carbons (Fsp3) is 0.357. The first kappa shape index (κ1) is 17.2. The van der Waals surface area contributed by atoms with Gasteiger partial charge < -0.3 is 11.1 Å². The maximum atomic E-state index is 12.0. The van der Waals surface area contributed by atoms with Crippen molar-refractivity contribution in [2.45, 2.75) is 35.5 Å². The number of amides is 1. The Labute approximate surface area is 142 Å². The lowest BCUT2D eigenvalue weighted by Gasteiger charge is -2.14. The molecule has 0 unspecified atom stereocenters. The number of hydrogen-bond acceptors (Lipinski definition) is 6. The number of nitrogens with zero attached hydrogens (tertiary/aromatic N) is 2. The quantitative estimate of drug-likeness (QED) is 0.825. The Morgan fingerprint density at radius 2 is 2.27 bits per heavy atom. The van der Waals surface area contributed by atoms with Crippen LogP contribution in [-0.4, -0.2) is 22.1 Å². The lowest BCUT2D eigenvalue weighted by molar-refractivity contribution is -0.117. The van der Waals surface area contributed by atoms with Crippen molar-refractivity contribution in [2.75, 3.05) is 5.32 Å². The molecule has 118 valence electrons. The molecule has 2 rings (SSSR count). The number of halogens is 1. The highest BCUT2D eigenvalue weighted by Crippen LogP contribution is 2.35. The maximum Gasteiger partial charge on any atom is 0.241 e. The summed E-state index contributed by atoms with van der Waals surface area (Å²) in [5.74, 6) is 0.171. The van der Waals surface area contributed by atoms with Crippen LogP contribution in [0.15, 0.2) is 32.9 Å². The summed E-state index contributed by atoms with van der Waals surface area (Å²) in [7, 11) is 0. The largest absolute Gasteiger partial charge is 0.325 e. The Morgan fingerprint density at radius 3 is 2.86 bits per heavy atom. The minimum absolute atomic E-state index is 0.200. The molecule has 1 heterocycles. The fourth-order valence-corrected chi connectivity index (χ4v) is 3.55. The van der Waals surface area contributed by atoms with E-state index in [9.17, 15) is 4.79 Å². The number of benzene rings is 1. The van der Waals surface area contributed by atoms with E-state index in [0.717, 1.165) is 9.24 Å². The van der Waals surface area contributed by atoms with Crippen molar-refractivity contribution in [1.82, 2.24) is 10.2 Å². The zero-order chi connectivity index (χ0) is 16.1. The number of carbonyl (C=O) groups is 1. The summed E-state index contributed by atoms with van der Waals surface area (Å²) < 4.78 is 0.817. The molecule has 1 atom stereocenters. The molecule has 2 aromatic rings. The molecule has 1 aromatic carbocycles. The monoisotopic (exact) mass is 356 g/mol. The molecule has 0 radical (unpaired) electrons. The van der Waals surface area contributed by atoms with Crippen LogP contribution in [0.4, 0.5) is 5.69 Å². The first-order valence-electron chi connectivity index (χ1n) is 6.75. The van der Waals surface area contributed by atoms with Gasteiger partial charge in [-0.25, -0.2) is 0 Å². The molecule has 0 saturated carbocycles. The van der Waals surface area contributed by atoms with Crippen LogP contribution in [0.3, 0.4) is 0 Å². The van der Waals surface area contributed by atoms with Gasteiger partial charge in [-0.2, -0.15) is 0 Å². The van der Waals surface area contributed by atoms with Crippen LogP contribution in [0.2, 0.25) is 5.02 Å². The second-order valence-electron chi connectivity index (χ2n) is 5.18. The van der Waals surface area contributed by atoms with Crippen LogP contribution < -0.4 is 11.1 Å². The summed E-state index contributed by atoms with van der Waals surface area (Å²) in [4.78, 5) is 12.9. The van der Waals surface area contributed by atoms with E-state index >= 15 is 0 Å². The molecule has 8 heteroatoms. The highest BCUT2D eigenvalue weighted by atomic mass is 35.5. The fourth-order valence-electron chi connectivity index (χ4n) is 1.81. The van der Waals surface area contributed by atoms with Crippen molar-refractivity contribution in [3.05, 3.63) is 28.7 Å². The van der Waals surface area contributed by atoms with Crippen molar-refractivity contribution in [3.63, 3.8) is 0 Å². The third-order valence-corrected chi connectivity index (χ3v) is 5.08. The van der Waals surface area contributed by atoms with E-state index in [1.165, 1.54) is 23.1 Å². The number of anilines is 1. The standard InChI is InChI=1S/C14H17ClN4OS2/c1-8(2)5-11(16)13(20)18-9-3-4-12(10(15)6-9)22-14-19-17-7-21-14/h3-4,6-8,11H,5,16H2,1-2H3,(H,18,20)/t11-/m0/s1. The molecule has 0 saturated heterocycles. The van der Waals surface area contributed by atoms with Gasteiger partial charge in [0.1, 0.15) is 5.51 Å². The number of hydrogen-bond donors (Lipinski definition) is 2. The third kappa shape index (κ3) is 4.95. The lowest BCUT2D eigenvalue weighted by Crippen LogP contribution is -2.36. The minimum atomic E-state index is -0.519. The molecule has 1 aromatic heterocycles. The molecular weight excluding hydrogens is 340 g/mol. The van der Waals surface area contributed by atoms with E-state index in [-0.39, 0.29) is 5.91 Å². The Balaban J connectivity index is 2.01. The molecule has 0 bridgehead atoms. The van der Waals surface area contributed by atoms with Gasteiger partial charge in [-0.05, 0) is 30.5 Å². The number of nitrogens with one attached hydrogen (secondary N) is 1. The summed E-state index contributed by atoms with van der Waals surface area (Å²) >= 11 is 9.13. The summed E-state index contributed by atoms with van der Waals surface area (Å²) in [6.45, 7) is 4.06. The van der Waals surface area contributed by atoms with Crippen molar-refractivity contribution < 1.29 is 4.79 Å². The van der Waals surface area contributed by atoms with Crippen LogP contribution in [0.1, 0.15) is 20.3 Å². The van der Waals surface area contributed by atoms with E-state index in [0.29, 0.717) is 23.0 Å². The van der Waals surface area contributed by atoms with Gasteiger partial charge in [0.2, 0.25) is 5.91 Å². The first-order chi connectivity index (χ1) is 10.5. The molecule has 0 aliphatic carbocycles. The van der Waals surface area contributed by atoms with Gasteiger partial charge in [-0.15, -0.1) is 10.2 Å². The van der Waals surface area contributed by atoms with Crippen molar-refractivity contribution in [2.24, 2.45) is 11.7 Å². The SMILES string of the molecule is CC(C)C[C@H](N)C(=O)Nc1ccc(Sc2nncs2)c(Cl)c1. The number of carbonyl (C=O) groups excluding carboxylic acids is 1. The molecule has 0 aliphatic rings. The number of aromatic nitrogens is 2. The van der Waals surface area contributed by atoms with Gasteiger partial charge in [0.05, 0.1) is 11.1 Å². The smallest absolute Gasteiger partial charge is 0.241 e. The molecule has 22 heavy (non-hydrogen) atoms.